The summed E-state index contributed by atoms with van der Waals surface area (Å²) in [7, 11) is 0. The number of ketones is 1. The fraction of sp³-hybridized carbons (Fsp3) is 0.583. The van der Waals surface area contributed by atoms with E-state index in [1.165, 1.54) is 33.1 Å². The first-order chi connectivity index (χ1) is 8.41. The van der Waals surface area contributed by atoms with E-state index in [0.717, 1.165) is 0 Å². The van der Waals surface area contributed by atoms with Gasteiger partial charge in [0.15, 0.2) is 0 Å². The zero-order valence-corrected chi connectivity index (χ0v) is 10.5. The Bertz CT molecular complexity index is 373. The molecule has 1 rings (SSSR count). The Morgan fingerprint density at radius 1 is 1.17 bits per heavy atom. The van der Waals surface area contributed by atoms with Gasteiger partial charge < -0.3 is 14.2 Å². The predicted molar refractivity (Wildman–Crippen MR) is 60.4 cm³/mol. The number of carbonyl (C=O) groups is 3. The molecule has 0 spiro atoms. The first-order valence-electron chi connectivity index (χ1n) is 5.55. The van der Waals surface area contributed by atoms with E-state index in [2.05, 4.69) is 0 Å². The molecule has 0 fully saturated rings. The van der Waals surface area contributed by atoms with Crippen LogP contribution in [0.25, 0.3) is 0 Å². The molecule has 0 bridgehead atoms. The molecule has 100 valence electrons. The predicted octanol–water partition coefficient (Wildman–Crippen LogP) is 0.599. The normalized spacial score (nSPS) is 26.1. The van der Waals surface area contributed by atoms with Crippen molar-refractivity contribution in [3.63, 3.8) is 0 Å². The second-order valence-corrected chi connectivity index (χ2v) is 4.02. The molecule has 0 aromatic rings. The Morgan fingerprint density at radius 2 is 1.83 bits per heavy atom. The fourth-order valence-electron chi connectivity index (χ4n) is 1.78. The third-order valence-corrected chi connectivity index (χ3v) is 2.50. The minimum Gasteiger partial charge on any atom is -0.494 e. The zero-order valence-electron chi connectivity index (χ0n) is 10.5. The Labute approximate surface area is 105 Å². The standard InChI is InChI=1S/C12H16O6/c1-7(13)12-10(18-9(3)15)4-5-16-11(12)6-17-8(2)14/h4-5,10-12H,6H2,1-3H3/t10-,11-,12+/m1/s1. The van der Waals surface area contributed by atoms with Crippen LogP contribution < -0.4 is 0 Å². The highest BCUT2D eigenvalue weighted by Gasteiger charge is 2.38. The molecule has 0 aromatic heterocycles. The molecule has 0 aromatic carbocycles. The van der Waals surface area contributed by atoms with Crippen LogP contribution in [-0.4, -0.2) is 36.5 Å². The highest BCUT2D eigenvalue weighted by atomic mass is 16.6. The van der Waals surface area contributed by atoms with Gasteiger partial charge in [-0.25, -0.2) is 0 Å². The number of hydrogen-bond acceptors (Lipinski definition) is 6. The van der Waals surface area contributed by atoms with Gasteiger partial charge in [0.25, 0.3) is 0 Å². The molecule has 1 aliphatic heterocycles. The number of esters is 2. The Hall–Kier alpha value is -1.85. The van der Waals surface area contributed by atoms with Gasteiger partial charge in [-0.2, -0.15) is 0 Å². The molecule has 3 atom stereocenters. The van der Waals surface area contributed by atoms with Crippen molar-refractivity contribution in [3.8, 4) is 0 Å². The number of hydrogen-bond donors (Lipinski definition) is 0. The molecule has 0 N–H and O–H groups in total. The molecule has 0 unspecified atom stereocenters. The van der Waals surface area contributed by atoms with Gasteiger partial charge in [0, 0.05) is 13.8 Å². The highest BCUT2D eigenvalue weighted by Crippen LogP contribution is 2.23. The van der Waals surface area contributed by atoms with Gasteiger partial charge in [0.1, 0.15) is 24.6 Å². The summed E-state index contributed by atoms with van der Waals surface area (Å²) in [6.07, 6.45) is 1.52. The maximum Gasteiger partial charge on any atom is 0.303 e. The number of ether oxygens (including phenoxy) is 3. The third kappa shape index (κ3) is 3.87. The van der Waals surface area contributed by atoms with Gasteiger partial charge in [-0.15, -0.1) is 0 Å². The van der Waals surface area contributed by atoms with Crippen molar-refractivity contribution in [2.45, 2.75) is 33.0 Å². The monoisotopic (exact) mass is 256 g/mol. The van der Waals surface area contributed by atoms with Gasteiger partial charge in [0.05, 0.1) is 12.2 Å². The summed E-state index contributed by atoms with van der Waals surface area (Å²) in [4.78, 5) is 33.3. The van der Waals surface area contributed by atoms with Gasteiger partial charge in [-0.3, -0.25) is 14.4 Å². The van der Waals surface area contributed by atoms with E-state index in [4.69, 9.17) is 14.2 Å². The van der Waals surface area contributed by atoms with Crippen LogP contribution in [0.5, 0.6) is 0 Å². The SMILES string of the molecule is CC(=O)OC[C@H]1OC=C[C@@H](OC(C)=O)[C@@H]1C(C)=O. The summed E-state index contributed by atoms with van der Waals surface area (Å²) < 4.78 is 15.1. The molecule has 18 heavy (non-hydrogen) atoms. The molecule has 0 saturated heterocycles. The van der Waals surface area contributed by atoms with Gasteiger partial charge in [-0.05, 0) is 13.0 Å². The largest absolute Gasteiger partial charge is 0.494 e. The first kappa shape index (κ1) is 14.2. The van der Waals surface area contributed by atoms with E-state index < -0.39 is 30.1 Å². The molecule has 0 amide bonds. The number of carbonyl (C=O) groups excluding carboxylic acids is 3. The summed E-state index contributed by atoms with van der Waals surface area (Å²) >= 11 is 0. The summed E-state index contributed by atoms with van der Waals surface area (Å²) in [5.41, 5.74) is 0. The minimum absolute atomic E-state index is 0.0539. The molecular weight excluding hydrogens is 240 g/mol. The topological polar surface area (TPSA) is 78.9 Å². The molecular formula is C12H16O6. The molecule has 6 nitrogen and oxygen atoms in total. The van der Waals surface area contributed by atoms with Crippen molar-refractivity contribution in [2.75, 3.05) is 6.61 Å². The second-order valence-electron chi connectivity index (χ2n) is 4.02. The van der Waals surface area contributed by atoms with Crippen LogP contribution >= 0.6 is 0 Å². The fourth-order valence-corrected chi connectivity index (χ4v) is 1.78. The van der Waals surface area contributed by atoms with Crippen molar-refractivity contribution in [1.29, 1.82) is 0 Å². The average molecular weight is 256 g/mol. The summed E-state index contributed by atoms with van der Waals surface area (Å²) in [6.45, 7) is 3.86. The quantitative estimate of drug-likeness (QED) is 0.685. The minimum atomic E-state index is -0.686. The van der Waals surface area contributed by atoms with Crippen LogP contribution in [0.15, 0.2) is 12.3 Å². The maximum atomic E-state index is 11.6. The number of Topliss-reactive ketones (excluding diaryl/α,β-unsaturated/α-hetero) is 1. The van der Waals surface area contributed by atoms with Gasteiger partial charge in [-0.1, -0.05) is 0 Å². The van der Waals surface area contributed by atoms with Crippen LogP contribution in [0.3, 0.4) is 0 Å². The lowest BCUT2D eigenvalue weighted by Gasteiger charge is -2.32. The Balaban J connectivity index is 2.78. The van der Waals surface area contributed by atoms with Crippen molar-refractivity contribution in [2.24, 2.45) is 5.92 Å². The van der Waals surface area contributed by atoms with Crippen LogP contribution in [0.4, 0.5) is 0 Å². The van der Waals surface area contributed by atoms with E-state index in [9.17, 15) is 14.4 Å². The van der Waals surface area contributed by atoms with Crippen molar-refractivity contribution >= 4 is 17.7 Å². The van der Waals surface area contributed by atoms with Crippen LogP contribution in [0, 0.1) is 5.92 Å². The molecule has 0 radical (unpaired) electrons. The van der Waals surface area contributed by atoms with Crippen LogP contribution in [0.2, 0.25) is 0 Å². The Kier molecular flexibility index (Phi) is 4.88. The average Bonchev–Trinajstić information content (AvgIpc) is 2.25. The smallest absolute Gasteiger partial charge is 0.303 e. The van der Waals surface area contributed by atoms with Crippen LogP contribution in [0.1, 0.15) is 20.8 Å². The van der Waals surface area contributed by atoms with E-state index in [-0.39, 0.29) is 12.4 Å². The Morgan fingerprint density at radius 3 is 2.33 bits per heavy atom. The highest BCUT2D eigenvalue weighted by molar-refractivity contribution is 5.80. The molecule has 1 heterocycles. The summed E-state index contributed by atoms with van der Waals surface area (Å²) in [5.74, 6) is -1.80. The molecule has 0 saturated carbocycles. The van der Waals surface area contributed by atoms with E-state index in [1.54, 1.807) is 0 Å². The lowest BCUT2D eigenvalue weighted by atomic mass is 9.90. The molecule has 0 aliphatic carbocycles. The lowest BCUT2D eigenvalue weighted by molar-refractivity contribution is -0.159. The third-order valence-electron chi connectivity index (χ3n) is 2.50. The van der Waals surface area contributed by atoms with E-state index >= 15 is 0 Å². The number of rotatable bonds is 4. The zero-order chi connectivity index (χ0) is 13.7. The molecule has 1 aliphatic rings. The first-order valence-corrected chi connectivity index (χ1v) is 5.55. The van der Waals surface area contributed by atoms with Crippen LogP contribution in [-0.2, 0) is 28.6 Å². The second kappa shape index (κ2) is 6.18. The summed E-state index contributed by atoms with van der Waals surface area (Å²) in [6, 6.07) is 0. The van der Waals surface area contributed by atoms with Gasteiger partial charge in [0.2, 0.25) is 0 Å². The maximum absolute atomic E-state index is 11.6. The van der Waals surface area contributed by atoms with Crippen molar-refractivity contribution in [3.05, 3.63) is 12.3 Å². The lowest BCUT2D eigenvalue weighted by Crippen LogP contribution is -2.44. The van der Waals surface area contributed by atoms with Crippen molar-refractivity contribution < 1.29 is 28.6 Å². The van der Waals surface area contributed by atoms with Gasteiger partial charge >= 0.3 is 11.9 Å². The summed E-state index contributed by atoms with van der Waals surface area (Å²) in [5, 5.41) is 0. The van der Waals surface area contributed by atoms with Crippen molar-refractivity contribution in [1.82, 2.24) is 0 Å². The van der Waals surface area contributed by atoms with E-state index in [1.807, 2.05) is 0 Å². The van der Waals surface area contributed by atoms with E-state index in [0.29, 0.717) is 0 Å². The molecule has 6 heteroatoms.